The van der Waals surface area contributed by atoms with E-state index in [4.69, 9.17) is 11.6 Å². The maximum Gasteiger partial charge on any atom is 0.282 e. The largest absolute Gasteiger partial charge is 0.282 e. The minimum atomic E-state index is -3.27. The van der Waals surface area contributed by atoms with Gasteiger partial charge in [0.1, 0.15) is 0 Å². The highest BCUT2D eigenvalue weighted by molar-refractivity contribution is 7.86. The number of piperidine rings is 1. The van der Waals surface area contributed by atoms with Crippen molar-refractivity contribution in [2.24, 2.45) is 5.92 Å². The van der Waals surface area contributed by atoms with Gasteiger partial charge in [-0.3, -0.25) is 0 Å². The molecule has 0 saturated carbocycles. The molecular formula is C11H21ClN2O2S. The van der Waals surface area contributed by atoms with Crippen LogP contribution < -0.4 is 0 Å². The Kier molecular flexibility index (Phi) is 4.34. The highest BCUT2D eigenvalue weighted by atomic mass is 35.5. The van der Waals surface area contributed by atoms with Crippen LogP contribution in [0.5, 0.6) is 0 Å². The summed E-state index contributed by atoms with van der Waals surface area (Å²) in [6.45, 7) is 4.05. The first-order valence-corrected chi connectivity index (χ1v) is 8.31. The van der Waals surface area contributed by atoms with Crippen LogP contribution in [0.3, 0.4) is 0 Å². The summed E-state index contributed by atoms with van der Waals surface area (Å²) in [7, 11) is -3.27. The van der Waals surface area contributed by atoms with E-state index in [1.54, 1.807) is 8.61 Å². The summed E-state index contributed by atoms with van der Waals surface area (Å²) in [5.74, 6) is 0.881. The third-order valence-electron chi connectivity index (χ3n) is 3.76. The van der Waals surface area contributed by atoms with Gasteiger partial charge in [-0.05, 0) is 25.2 Å². The lowest BCUT2D eigenvalue weighted by Gasteiger charge is -2.36. The van der Waals surface area contributed by atoms with E-state index < -0.39 is 10.2 Å². The lowest BCUT2D eigenvalue weighted by Crippen LogP contribution is -2.50. The number of hydrogen-bond donors (Lipinski definition) is 0. The topological polar surface area (TPSA) is 40.6 Å². The van der Waals surface area contributed by atoms with Gasteiger partial charge in [0.05, 0.1) is 0 Å². The van der Waals surface area contributed by atoms with Gasteiger partial charge in [0.2, 0.25) is 0 Å². The first-order chi connectivity index (χ1) is 8.05. The number of alkyl halides is 1. The molecule has 2 aliphatic rings. The summed E-state index contributed by atoms with van der Waals surface area (Å²) >= 11 is 5.89. The zero-order valence-electron chi connectivity index (χ0n) is 10.3. The second kappa shape index (κ2) is 5.43. The molecule has 0 radical (unpaired) electrons. The smallest absolute Gasteiger partial charge is 0.195 e. The van der Waals surface area contributed by atoms with E-state index in [1.807, 2.05) is 0 Å². The molecule has 0 aromatic heterocycles. The molecule has 2 atom stereocenters. The Morgan fingerprint density at radius 2 is 2.00 bits per heavy atom. The molecule has 0 aromatic carbocycles. The van der Waals surface area contributed by atoms with Crippen molar-refractivity contribution >= 4 is 21.8 Å². The minimum absolute atomic E-state index is 0.00803. The van der Waals surface area contributed by atoms with Gasteiger partial charge in [0.15, 0.2) is 0 Å². The SMILES string of the molecule is CC1CCN(S(=O)(=O)N2CCCCC2CCl)C1. The first kappa shape index (κ1) is 13.6. The van der Waals surface area contributed by atoms with Crippen LogP contribution >= 0.6 is 11.6 Å². The van der Waals surface area contributed by atoms with Crippen molar-refractivity contribution in [2.45, 2.75) is 38.6 Å². The zero-order valence-corrected chi connectivity index (χ0v) is 11.9. The highest BCUT2D eigenvalue weighted by Crippen LogP contribution is 2.27. The fraction of sp³-hybridized carbons (Fsp3) is 1.00. The Balaban J connectivity index is 2.13. The van der Waals surface area contributed by atoms with Crippen molar-refractivity contribution in [1.29, 1.82) is 0 Å². The van der Waals surface area contributed by atoms with Gasteiger partial charge in [-0.1, -0.05) is 13.3 Å². The Morgan fingerprint density at radius 3 is 2.59 bits per heavy atom. The van der Waals surface area contributed by atoms with Crippen molar-refractivity contribution in [2.75, 3.05) is 25.5 Å². The van der Waals surface area contributed by atoms with E-state index in [-0.39, 0.29) is 6.04 Å². The van der Waals surface area contributed by atoms with Crippen molar-refractivity contribution in [3.63, 3.8) is 0 Å². The van der Waals surface area contributed by atoms with E-state index in [0.717, 1.165) is 25.7 Å². The van der Waals surface area contributed by atoms with Crippen LogP contribution in [0.4, 0.5) is 0 Å². The van der Waals surface area contributed by atoms with Gasteiger partial charge in [0, 0.05) is 31.6 Å². The van der Waals surface area contributed by atoms with E-state index >= 15 is 0 Å². The molecule has 2 unspecified atom stereocenters. The monoisotopic (exact) mass is 280 g/mol. The van der Waals surface area contributed by atoms with Crippen LogP contribution in [-0.4, -0.2) is 48.6 Å². The summed E-state index contributed by atoms with van der Waals surface area (Å²) in [4.78, 5) is 0. The average Bonchev–Trinajstić information content (AvgIpc) is 2.76. The standard InChI is InChI=1S/C11H21ClN2O2S/c1-10-5-7-13(9-10)17(15,16)14-6-3-2-4-11(14)8-12/h10-11H,2-9H2,1H3. The molecule has 0 bridgehead atoms. The van der Waals surface area contributed by atoms with E-state index in [1.165, 1.54) is 0 Å². The third-order valence-corrected chi connectivity index (χ3v) is 6.17. The normalized spacial score (nSPS) is 33.1. The summed E-state index contributed by atoms with van der Waals surface area (Å²) in [5, 5.41) is 0. The minimum Gasteiger partial charge on any atom is -0.195 e. The Hall–Kier alpha value is 0.160. The summed E-state index contributed by atoms with van der Waals surface area (Å²) in [6, 6.07) is -0.00803. The first-order valence-electron chi connectivity index (χ1n) is 6.38. The van der Waals surface area contributed by atoms with Crippen molar-refractivity contribution in [3.05, 3.63) is 0 Å². The molecule has 0 spiro atoms. The molecule has 4 nitrogen and oxygen atoms in total. The molecule has 2 rings (SSSR count). The highest BCUT2D eigenvalue weighted by Gasteiger charge is 2.38. The third kappa shape index (κ3) is 2.78. The van der Waals surface area contributed by atoms with Crippen LogP contribution in [0, 0.1) is 5.92 Å². The fourth-order valence-electron chi connectivity index (χ4n) is 2.68. The van der Waals surface area contributed by atoms with Crippen LogP contribution in [0.2, 0.25) is 0 Å². The maximum atomic E-state index is 12.5. The number of hydrogen-bond acceptors (Lipinski definition) is 2. The van der Waals surface area contributed by atoms with Gasteiger partial charge >= 0.3 is 0 Å². The lowest BCUT2D eigenvalue weighted by molar-refractivity contribution is 0.252. The quantitative estimate of drug-likeness (QED) is 0.738. The molecule has 2 aliphatic heterocycles. The number of rotatable bonds is 3. The van der Waals surface area contributed by atoms with E-state index in [9.17, 15) is 8.42 Å². The molecule has 6 heteroatoms. The number of halogens is 1. The van der Waals surface area contributed by atoms with Crippen molar-refractivity contribution < 1.29 is 8.42 Å². The van der Waals surface area contributed by atoms with Crippen LogP contribution in [-0.2, 0) is 10.2 Å². The van der Waals surface area contributed by atoms with Gasteiger partial charge < -0.3 is 0 Å². The van der Waals surface area contributed by atoms with Crippen LogP contribution in [0.25, 0.3) is 0 Å². The lowest BCUT2D eigenvalue weighted by atomic mass is 10.1. The van der Waals surface area contributed by atoms with Crippen LogP contribution in [0.15, 0.2) is 0 Å². The maximum absolute atomic E-state index is 12.5. The van der Waals surface area contributed by atoms with Crippen molar-refractivity contribution in [3.8, 4) is 0 Å². The summed E-state index contributed by atoms with van der Waals surface area (Å²) in [5.41, 5.74) is 0. The van der Waals surface area contributed by atoms with Gasteiger partial charge in [-0.2, -0.15) is 17.0 Å². The van der Waals surface area contributed by atoms with E-state index in [0.29, 0.717) is 31.4 Å². The zero-order chi connectivity index (χ0) is 12.5. The Bertz CT molecular complexity index is 360. The molecule has 17 heavy (non-hydrogen) atoms. The second-order valence-corrected chi connectivity index (χ2v) is 7.36. The molecular weight excluding hydrogens is 260 g/mol. The second-order valence-electron chi connectivity index (χ2n) is 5.17. The molecule has 2 fully saturated rings. The van der Waals surface area contributed by atoms with Crippen molar-refractivity contribution in [1.82, 2.24) is 8.61 Å². The predicted octanol–water partition coefficient (Wildman–Crippen LogP) is 1.67. The summed E-state index contributed by atoms with van der Waals surface area (Å²) in [6.07, 6.45) is 3.90. The van der Waals surface area contributed by atoms with Gasteiger partial charge in [0.25, 0.3) is 10.2 Å². The van der Waals surface area contributed by atoms with Crippen LogP contribution in [0.1, 0.15) is 32.6 Å². The van der Waals surface area contributed by atoms with Gasteiger partial charge in [-0.15, -0.1) is 11.6 Å². The molecule has 0 aliphatic carbocycles. The molecule has 100 valence electrons. The predicted molar refractivity (Wildman–Crippen MR) is 69.3 cm³/mol. The Morgan fingerprint density at radius 1 is 1.24 bits per heavy atom. The molecule has 0 amide bonds. The molecule has 0 aromatic rings. The Labute approximate surface area is 109 Å². The molecule has 0 N–H and O–H groups in total. The summed E-state index contributed by atoms with van der Waals surface area (Å²) < 4.78 is 28.2. The molecule has 2 heterocycles. The van der Waals surface area contributed by atoms with E-state index in [2.05, 4.69) is 6.92 Å². The number of nitrogens with zero attached hydrogens (tertiary/aromatic N) is 2. The van der Waals surface area contributed by atoms with Gasteiger partial charge in [-0.25, -0.2) is 0 Å². The molecule has 2 saturated heterocycles. The average molecular weight is 281 g/mol. The fourth-order valence-corrected chi connectivity index (χ4v) is 5.08.